The molecule has 3 aromatic rings. The smallest absolute Gasteiger partial charge is 0.133 e. The lowest BCUT2D eigenvalue weighted by atomic mass is 10.1. The van der Waals surface area contributed by atoms with Gasteiger partial charge in [-0.3, -0.25) is 9.97 Å². The van der Waals surface area contributed by atoms with Crippen LogP contribution in [0.2, 0.25) is 10.0 Å². The molecule has 0 saturated carbocycles. The molecule has 0 saturated heterocycles. The third-order valence-corrected chi connectivity index (χ3v) is 4.15. The molecule has 0 aliphatic carbocycles. The SMILES string of the molecule is Clc1ccc(Cl)c(-n2nc(-c3cnccn3)c3c2NCC3)c1. The molecule has 1 N–H and O–H groups in total. The number of rotatable bonds is 2. The zero-order valence-electron chi connectivity index (χ0n) is 11.4. The minimum atomic E-state index is 0.592. The molecule has 3 heterocycles. The molecule has 2 aromatic heterocycles. The molecular weight excluding hydrogens is 321 g/mol. The summed E-state index contributed by atoms with van der Waals surface area (Å²) in [4.78, 5) is 8.47. The van der Waals surface area contributed by atoms with E-state index in [4.69, 9.17) is 23.2 Å². The van der Waals surface area contributed by atoms with Gasteiger partial charge in [0, 0.05) is 29.5 Å². The number of nitrogens with zero attached hydrogens (tertiary/aromatic N) is 4. The Kier molecular flexibility index (Phi) is 3.24. The van der Waals surface area contributed by atoms with E-state index in [-0.39, 0.29) is 0 Å². The number of nitrogens with one attached hydrogen (secondary N) is 1. The second kappa shape index (κ2) is 5.26. The Balaban J connectivity index is 1.94. The molecule has 110 valence electrons. The van der Waals surface area contributed by atoms with Crippen LogP contribution in [0.15, 0.2) is 36.8 Å². The number of benzene rings is 1. The lowest BCUT2D eigenvalue weighted by Crippen LogP contribution is -2.05. The number of halogens is 2. The summed E-state index contributed by atoms with van der Waals surface area (Å²) >= 11 is 12.4. The van der Waals surface area contributed by atoms with Crippen LogP contribution in [0.25, 0.3) is 17.1 Å². The molecule has 7 heteroatoms. The van der Waals surface area contributed by atoms with Gasteiger partial charge in [0.2, 0.25) is 0 Å². The zero-order chi connectivity index (χ0) is 15.1. The van der Waals surface area contributed by atoms with Crippen molar-refractivity contribution in [1.82, 2.24) is 19.7 Å². The van der Waals surface area contributed by atoms with Crippen molar-refractivity contribution >= 4 is 29.0 Å². The summed E-state index contributed by atoms with van der Waals surface area (Å²) in [5, 5.41) is 9.24. The van der Waals surface area contributed by atoms with Gasteiger partial charge in [-0.2, -0.15) is 5.10 Å². The zero-order valence-corrected chi connectivity index (χ0v) is 12.9. The molecule has 0 amide bonds. The Morgan fingerprint density at radius 3 is 2.91 bits per heavy atom. The van der Waals surface area contributed by atoms with Gasteiger partial charge < -0.3 is 5.32 Å². The van der Waals surface area contributed by atoms with Gasteiger partial charge in [0.05, 0.1) is 16.9 Å². The maximum Gasteiger partial charge on any atom is 0.133 e. The molecule has 0 spiro atoms. The Bertz CT molecular complexity index is 845. The van der Waals surface area contributed by atoms with Crippen molar-refractivity contribution in [1.29, 1.82) is 0 Å². The van der Waals surface area contributed by atoms with Crippen molar-refractivity contribution in [2.24, 2.45) is 0 Å². The summed E-state index contributed by atoms with van der Waals surface area (Å²) in [5.74, 6) is 0.935. The van der Waals surface area contributed by atoms with Crippen LogP contribution in [0, 0.1) is 0 Å². The van der Waals surface area contributed by atoms with E-state index in [9.17, 15) is 0 Å². The maximum absolute atomic E-state index is 6.31. The molecule has 0 radical (unpaired) electrons. The summed E-state index contributed by atoms with van der Waals surface area (Å²) in [5.41, 5.74) is 3.44. The first-order chi connectivity index (χ1) is 10.7. The van der Waals surface area contributed by atoms with E-state index in [1.807, 2.05) is 0 Å². The van der Waals surface area contributed by atoms with Gasteiger partial charge in [-0.25, -0.2) is 4.68 Å². The number of hydrogen-bond donors (Lipinski definition) is 1. The van der Waals surface area contributed by atoms with Crippen molar-refractivity contribution in [2.45, 2.75) is 6.42 Å². The molecule has 22 heavy (non-hydrogen) atoms. The summed E-state index contributed by atoms with van der Waals surface area (Å²) in [6.07, 6.45) is 5.91. The molecular formula is C15H11Cl2N5. The lowest BCUT2D eigenvalue weighted by molar-refractivity contribution is 0.879. The average Bonchev–Trinajstić information content (AvgIpc) is 3.13. The van der Waals surface area contributed by atoms with Crippen LogP contribution >= 0.6 is 23.2 Å². The van der Waals surface area contributed by atoms with Crippen LogP contribution in [-0.4, -0.2) is 26.3 Å². The standard InChI is InChI=1S/C15H11Cl2N5/c16-9-1-2-11(17)13(7-9)22-15-10(3-4-20-15)14(21-22)12-8-18-5-6-19-12/h1-2,5-8,20H,3-4H2. The molecule has 0 unspecified atom stereocenters. The second-order valence-corrected chi connectivity index (χ2v) is 5.79. The fourth-order valence-electron chi connectivity index (χ4n) is 2.62. The van der Waals surface area contributed by atoms with Gasteiger partial charge >= 0.3 is 0 Å². The Labute approximate surface area is 136 Å². The second-order valence-electron chi connectivity index (χ2n) is 4.95. The van der Waals surface area contributed by atoms with E-state index in [0.717, 1.165) is 41.4 Å². The summed E-state index contributed by atoms with van der Waals surface area (Å²) in [6, 6.07) is 5.33. The Morgan fingerprint density at radius 1 is 1.18 bits per heavy atom. The summed E-state index contributed by atoms with van der Waals surface area (Å²) in [6.45, 7) is 0.860. The van der Waals surface area contributed by atoms with E-state index < -0.39 is 0 Å². The van der Waals surface area contributed by atoms with Gasteiger partial charge in [-0.1, -0.05) is 23.2 Å². The van der Waals surface area contributed by atoms with Crippen LogP contribution in [0.4, 0.5) is 5.82 Å². The van der Waals surface area contributed by atoms with Crippen molar-refractivity contribution in [3.8, 4) is 17.1 Å². The average molecular weight is 332 g/mol. The van der Waals surface area contributed by atoms with Crippen molar-refractivity contribution in [2.75, 3.05) is 11.9 Å². The van der Waals surface area contributed by atoms with E-state index >= 15 is 0 Å². The quantitative estimate of drug-likeness (QED) is 0.779. The van der Waals surface area contributed by atoms with Gasteiger partial charge in [0.15, 0.2) is 0 Å². The number of hydrogen-bond acceptors (Lipinski definition) is 4. The van der Waals surface area contributed by atoms with E-state index in [1.165, 1.54) is 0 Å². The first kappa shape index (κ1) is 13.5. The normalized spacial score (nSPS) is 13.0. The molecule has 4 rings (SSSR count). The third kappa shape index (κ3) is 2.14. The van der Waals surface area contributed by atoms with Crippen LogP contribution in [0.3, 0.4) is 0 Å². The first-order valence-electron chi connectivity index (χ1n) is 6.81. The highest BCUT2D eigenvalue weighted by Crippen LogP contribution is 2.35. The summed E-state index contributed by atoms with van der Waals surface area (Å²) in [7, 11) is 0. The minimum Gasteiger partial charge on any atom is -0.369 e. The minimum absolute atomic E-state index is 0.592. The predicted molar refractivity (Wildman–Crippen MR) is 86.8 cm³/mol. The molecule has 1 aliphatic rings. The van der Waals surface area contributed by atoms with Gasteiger partial charge in [0.1, 0.15) is 17.2 Å². The van der Waals surface area contributed by atoms with Crippen molar-refractivity contribution < 1.29 is 0 Å². The largest absolute Gasteiger partial charge is 0.369 e. The fourth-order valence-corrected chi connectivity index (χ4v) is 2.99. The fraction of sp³-hybridized carbons (Fsp3) is 0.133. The van der Waals surface area contributed by atoms with Crippen LogP contribution in [-0.2, 0) is 6.42 Å². The van der Waals surface area contributed by atoms with Gasteiger partial charge in [0.25, 0.3) is 0 Å². The highest BCUT2D eigenvalue weighted by molar-refractivity contribution is 6.34. The monoisotopic (exact) mass is 331 g/mol. The number of anilines is 1. The molecule has 0 bridgehead atoms. The van der Waals surface area contributed by atoms with E-state index in [1.54, 1.807) is 41.5 Å². The van der Waals surface area contributed by atoms with Gasteiger partial charge in [-0.05, 0) is 24.6 Å². The highest BCUT2D eigenvalue weighted by Gasteiger charge is 2.25. The molecule has 0 atom stereocenters. The van der Waals surface area contributed by atoms with Crippen LogP contribution in [0.1, 0.15) is 5.56 Å². The molecule has 1 aliphatic heterocycles. The molecule has 1 aromatic carbocycles. The van der Waals surface area contributed by atoms with Crippen molar-refractivity contribution in [3.63, 3.8) is 0 Å². The highest BCUT2D eigenvalue weighted by atomic mass is 35.5. The van der Waals surface area contributed by atoms with E-state index in [0.29, 0.717) is 10.0 Å². The number of fused-ring (bicyclic) bond motifs is 1. The van der Waals surface area contributed by atoms with Gasteiger partial charge in [-0.15, -0.1) is 0 Å². The maximum atomic E-state index is 6.31. The molecule has 5 nitrogen and oxygen atoms in total. The Hall–Kier alpha value is -2.11. The molecule has 0 fully saturated rings. The van der Waals surface area contributed by atoms with Crippen LogP contribution in [0.5, 0.6) is 0 Å². The number of aromatic nitrogens is 4. The summed E-state index contributed by atoms with van der Waals surface area (Å²) < 4.78 is 1.79. The first-order valence-corrected chi connectivity index (χ1v) is 7.57. The van der Waals surface area contributed by atoms with E-state index in [2.05, 4.69) is 20.4 Å². The third-order valence-electron chi connectivity index (χ3n) is 3.59. The van der Waals surface area contributed by atoms with Crippen LogP contribution < -0.4 is 5.32 Å². The lowest BCUT2D eigenvalue weighted by Gasteiger charge is -2.08. The topological polar surface area (TPSA) is 55.6 Å². The Morgan fingerprint density at radius 2 is 2.09 bits per heavy atom. The predicted octanol–water partition coefficient (Wildman–Crippen LogP) is 3.60. The van der Waals surface area contributed by atoms with Crippen molar-refractivity contribution in [3.05, 3.63) is 52.4 Å².